The van der Waals surface area contributed by atoms with Gasteiger partial charge in [-0.05, 0) is 25.7 Å². The van der Waals surface area contributed by atoms with Crippen molar-refractivity contribution in [3.8, 4) is 0 Å². The fourth-order valence-electron chi connectivity index (χ4n) is 2.34. The van der Waals surface area contributed by atoms with Crippen LogP contribution in [0.4, 0.5) is 0 Å². The minimum absolute atomic E-state index is 0.0531. The van der Waals surface area contributed by atoms with E-state index in [2.05, 4.69) is 0 Å². The quantitative estimate of drug-likeness (QED) is 0.528. The molecule has 4 heteroatoms. The molecule has 0 amide bonds. The van der Waals surface area contributed by atoms with Gasteiger partial charge in [-0.2, -0.15) is 0 Å². The van der Waals surface area contributed by atoms with Gasteiger partial charge >= 0.3 is 11.9 Å². The first-order valence-electron chi connectivity index (χ1n) is 5.24. The lowest BCUT2D eigenvalue weighted by Crippen LogP contribution is -2.43. The lowest BCUT2D eigenvalue weighted by Gasteiger charge is -2.29. The van der Waals surface area contributed by atoms with E-state index in [4.69, 9.17) is 9.47 Å². The molecule has 0 atom stereocenters. The van der Waals surface area contributed by atoms with Crippen LogP contribution in [0.1, 0.15) is 32.6 Å². The Bertz CT molecular complexity index is 237. The zero-order chi connectivity index (χ0) is 11.5. The second-order valence-electron chi connectivity index (χ2n) is 4.17. The molecule has 0 unspecified atom stereocenters. The van der Waals surface area contributed by atoms with Gasteiger partial charge in [0.25, 0.3) is 0 Å². The summed E-state index contributed by atoms with van der Waals surface area (Å²) >= 11 is 0. The van der Waals surface area contributed by atoms with E-state index < -0.39 is 17.4 Å². The fourth-order valence-corrected chi connectivity index (χ4v) is 2.34. The van der Waals surface area contributed by atoms with Crippen LogP contribution in [0.5, 0.6) is 0 Å². The predicted octanol–water partition coefficient (Wildman–Crippen LogP) is 1.53. The van der Waals surface area contributed by atoms with Crippen LogP contribution in [0.25, 0.3) is 0 Å². The molecule has 0 aromatic heterocycles. The van der Waals surface area contributed by atoms with Crippen LogP contribution in [0.3, 0.4) is 0 Å². The largest absolute Gasteiger partial charge is 0.468 e. The van der Waals surface area contributed by atoms with Gasteiger partial charge in [0.2, 0.25) is 0 Å². The van der Waals surface area contributed by atoms with Gasteiger partial charge in [0.15, 0.2) is 5.41 Å². The first kappa shape index (κ1) is 12.0. The number of esters is 2. The lowest BCUT2D eigenvalue weighted by atomic mass is 9.76. The van der Waals surface area contributed by atoms with Crippen molar-refractivity contribution in [2.24, 2.45) is 11.3 Å². The third-order valence-electron chi connectivity index (χ3n) is 3.39. The van der Waals surface area contributed by atoms with Crippen molar-refractivity contribution in [1.29, 1.82) is 0 Å². The SMILES string of the molecule is COC(=O)C(C)(C(=O)OC)C1CCCC1. The minimum atomic E-state index is -1.12. The van der Waals surface area contributed by atoms with Gasteiger partial charge in [-0.1, -0.05) is 12.8 Å². The average Bonchev–Trinajstić information content (AvgIpc) is 2.79. The van der Waals surface area contributed by atoms with Crippen LogP contribution in [0.15, 0.2) is 0 Å². The molecule has 1 aliphatic carbocycles. The summed E-state index contributed by atoms with van der Waals surface area (Å²) in [5, 5.41) is 0. The average molecular weight is 214 g/mol. The Morgan fingerprint density at radius 3 is 1.80 bits per heavy atom. The van der Waals surface area contributed by atoms with Crippen molar-refractivity contribution < 1.29 is 19.1 Å². The van der Waals surface area contributed by atoms with Crippen LogP contribution >= 0.6 is 0 Å². The van der Waals surface area contributed by atoms with Crippen molar-refractivity contribution in [3.63, 3.8) is 0 Å². The highest BCUT2D eigenvalue weighted by Crippen LogP contribution is 2.41. The molecule has 1 rings (SSSR count). The number of hydrogen-bond acceptors (Lipinski definition) is 4. The smallest absolute Gasteiger partial charge is 0.323 e. The molecule has 0 aromatic rings. The highest BCUT2D eigenvalue weighted by Gasteiger charge is 2.50. The Labute approximate surface area is 89.9 Å². The third-order valence-corrected chi connectivity index (χ3v) is 3.39. The summed E-state index contributed by atoms with van der Waals surface area (Å²) in [5.74, 6) is -0.917. The standard InChI is InChI=1S/C11H18O4/c1-11(9(12)14-2,10(13)15-3)8-6-4-5-7-8/h8H,4-7H2,1-3H3. The van der Waals surface area contributed by atoms with E-state index in [1.165, 1.54) is 14.2 Å². The van der Waals surface area contributed by atoms with Gasteiger partial charge in [-0.3, -0.25) is 9.59 Å². The lowest BCUT2D eigenvalue weighted by molar-refractivity contribution is -0.172. The summed E-state index contributed by atoms with van der Waals surface area (Å²) in [7, 11) is 2.61. The third kappa shape index (κ3) is 1.98. The van der Waals surface area contributed by atoms with E-state index in [1.54, 1.807) is 6.92 Å². The Morgan fingerprint density at radius 2 is 1.47 bits per heavy atom. The topological polar surface area (TPSA) is 52.6 Å². The molecule has 0 spiro atoms. The highest BCUT2D eigenvalue weighted by atomic mass is 16.5. The van der Waals surface area contributed by atoms with E-state index in [9.17, 15) is 9.59 Å². The molecule has 86 valence electrons. The molecule has 0 radical (unpaired) electrons. The van der Waals surface area contributed by atoms with Gasteiger partial charge in [0, 0.05) is 0 Å². The minimum Gasteiger partial charge on any atom is -0.468 e. The van der Waals surface area contributed by atoms with E-state index in [1.807, 2.05) is 0 Å². The molecular weight excluding hydrogens is 196 g/mol. The maximum absolute atomic E-state index is 11.7. The first-order valence-corrected chi connectivity index (χ1v) is 5.24. The summed E-state index contributed by atoms with van der Waals surface area (Å²) in [4.78, 5) is 23.4. The van der Waals surface area contributed by atoms with Gasteiger partial charge in [0.05, 0.1) is 14.2 Å². The predicted molar refractivity (Wildman–Crippen MR) is 54.1 cm³/mol. The Morgan fingerprint density at radius 1 is 1.07 bits per heavy atom. The van der Waals surface area contributed by atoms with Crippen molar-refractivity contribution >= 4 is 11.9 Å². The summed E-state index contributed by atoms with van der Waals surface area (Å²) in [6.07, 6.45) is 3.91. The van der Waals surface area contributed by atoms with Crippen molar-refractivity contribution in [3.05, 3.63) is 0 Å². The van der Waals surface area contributed by atoms with Crippen LogP contribution in [-0.4, -0.2) is 26.2 Å². The van der Waals surface area contributed by atoms with Crippen LogP contribution in [0, 0.1) is 11.3 Å². The van der Waals surface area contributed by atoms with E-state index in [-0.39, 0.29) is 5.92 Å². The molecule has 1 aliphatic rings. The number of hydrogen-bond donors (Lipinski definition) is 0. The summed E-state index contributed by atoms with van der Waals surface area (Å²) in [5.41, 5.74) is -1.12. The molecule has 0 aliphatic heterocycles. The summed E-state index contributed by atoms with van der Waals surface area (Å²) in [6.45, 7) is 1.63. The second-order valence-corrected chi connectivity index (χ2v) is 4.17. The van der Waals surface area contributed by atoms with Crippen molar-refractivity contribution in [2.45, 2.75) is 32.6 Å². The monoisotopic (exact) mass is 214 g/mol. The van der Waals surface area contributed by atoms with Crippen LogP contribution < -0.4 is 0 Å². The zero-order valence-corrected chi connectivity index (χ0v) is 9.54. The molecular formula is C11H18O4. The first-order chi connectivity index (χ1) is 7.07. The van der Waals surface area contributed by atoms with Gasteiger partial charge in [-0.25, -0.2) is 0 Å². The number of ether oxygens (including phenoxy) is 2. The Kier molecular flexibility index (Phi) is 3.72. The number of rotatable bonds is 3. The summed E-state index contributed by atoms with van der Waals surface area (Å²) in [6, 6.07) is 0. The van der Waals surface area contributed by atoms with E-state index >= 15 is 0 Å². The van der Waals surface area contributed by atoms with Crippen LogP contribution in [0.2, 0.25) is 0 Å². The molecule has 0 heterocycles. The molecule has 0 saturated heterocycles. The van der Waals surface area contributed by atoms with Crippen molar-refractivity contribution in [1.82, 2.24) is 0 Å². The summed E-state index contributed by atoms with van der Waals surface area (Å²) < 4.78 is 9.42. The number of carbonyl (C=O) groups excluding carboxylic acids is 2. The fraction of sp³-hybridized carbons (Fsp3) is 0.818. The molecule has 15 heavy (non-hydrogen) atoms. The highest BCUT2D eigenvalue weighted by molar-refractivity contribution is 5.99. The zero-order valence-electron chi connectivity index (χ0n) is 9.54. The molecule has 1 saturated carbocycles. The molecule has 4 nitrogen and oxygen atoms in total. The van der Waals surface area contributed by atoms with Gasteiger partial charge < -0.3 is 9.47 Å². The maximum Gasteiger partial charge on any atom is 0.323 e. The van der Waals surface area contributed by atoms with Crippen LogP contribution in [-0.2, 0) is 19.1 Å². The van der Waals surface area contributed by atoms with Crippen molar-refractivity contribution in [2.75, 3.05) is 14.2 Å². The molecule has 0 bridgehead atoms. The molecule has 0 aromatic carbocycles. The Balaban J connectivity index is 2.93. The van der Waals surface area contributed by atoms with Gasteiger partial charge in [0.1, 0.15) is 0 Å². The number of carbonyl (C=O) groups is 2. The van der Waals surface area contributed by atoms with E-state index in [0.29, 0.717) is 0 Å². The van der Waals surface area contributed by atoms with Gasteiger partial charge in [-0.15, -0.1) is 0 Å². The molecule has 0 N–H and O–H groups in total. The normalized spacial score (nSPS) is 17.5. The second kappa shape index (κ2) is 4.64. The van der Waals surface area contributed by atoms with E-state index in [0.717, 1.165) is 25.7 Å². The molecule has 1 fully saturated rings. The maximum atomic E-state index is 11.7. The number of methoxy groups -OCH3 is 2. The Hall–Kier alpha value is -1.06.